The van der Waals surface area contributed by atoms with Gasteiger partial charge in [0.05, 0.1) is 13.0 Å². The molecule has 3 rings (SSSR count). The van der Waals surface area contributed by atoms with E-state index in [9.17, 15) is 23.2 Å². The van der Waals surface area contributed by atoms with Crippen LogP contribution in [-0.4, -0.2) is 71.7 Å². The molecule has 2 aromatic carbocycles. The number of piperazine rings is 1. The summed E-state index contributed by atoms with van der Waals surface area (Å²) in [5.74, 6) is -2.95. The molecular weight excluding hydrogens is 478 g/mol. The summed E-state index contributed by atoms with van der Waals surface area (Å²) in [5, 5.41) is 0.621. The van der Waals surface area contributed by atoms with Crippen LogP contribution in [-0.2, 0) is 20.8 Å². The third-order valence-corrected chi connectivity index (χ3v) is 6.20. The molecule has 1 unspecified atom stereocenters. The first kappa shape index (κ1) is 26.6. The fourth-order valence-corrected chi connectivity index (χ4v) is 4.20. The summed E-state index contributed by atoms with van der Waals surface area (Å²) in [6, 6.07) is 9.20. The van der Waals surface area contributed by atoms with E-state index in [0.717, 1.165) is 17.7 Å². The number of amides is 3. The second-order valence-electron chi connectivity index (χ2n) is 8.28. The van der Waals surface area contributed by atoms with Crippen LogP contribution in [0.2, 0.25) is 5.02 Å². The number of halogens is 3. The van der Waals surface area contributed by atoms with Crippen molar-refractivity contribution in [3.8, 4) is 0 Å². The first-order chi connectivity index (χ1) is 16.7. The lowest BCUT2D eigenvalue weighted by molar-refractivity contribution is -0.141. The summed E-state index contributed by atoms with van der Waals surface area (Å²) in [5.41, 5.74) is 6.24. The lowest BCUT2D eigenvalue weighted by Gasteiger charge is -2.40. The lowest BCUT2D eigenvalue weighted by Crippen LogP contribution is -2.53. The highest BCUT2D eigenvalue weighted by atomic mass is 35.5. The van der Waals surface area contributed by atoms with Gasteiger partial charge >= 0.3 is 0 Å². The van der Waals surface area contributed by atoms with Crippen molar-refractivity contribution in [3.05, 3.63) is 76.7 Å². The molecule has 3 amide bonds. The molecule has 1 heterocycles. The van der Waals surface area contributed by atoms with Crippen molar-refractivity contribution in [2.45, 2.75) is 19.4 Å². The van der Waals surface area contributed by atoms with Gasteiger partial charge in [0, 0.05) is 49.4 Å². The fourth-order valence-electron chi connectivity index (χ4n) is 4.07. The molecule has 1 fully saturated rings. The van der Waals surface area contributed by atoms with Gasteiger partial charge in [-0.1, -0.05) is 29.8 Å². The van der Waals surface area contributed by atoms with E-state index in [2.05, 4.69) is 0 Å². The van der Waals surface area contributed by atoms with E-state index in [0.29, 0.717) is 37.6 Å². The first-order valence-electron chi connectivity index (χ1n) is 11.3. The van der Waals surface area contributed by atoms with Gasteiger partial charge in [-0.25, -0.2) is 8.78 Å². The number of hydrogen-bond acceptors (Lipinski definition) is 4. The van der Waals surface area contributed by atoms with Crippen LogP contribution in [0.5, 0.6) is 0 Å². The van der Waals surface area contributed by atoms with Crippen LogP contribution >= 0.6 is 11.6 Å². The lowest BCUT2D eigenvalue weighted by atomic mass is 10.0. The Labute approximate surface area is 208 Å². The summed E-state index contributed by atoms with van der Waals surface area (Å²) in [6.07, 6.45) is 2.05. The van der Waals surface area contributed by atoms with Crippen molar-refractivity contribution in [1.29, 1.82) is 0 Å². The zero-order valence-electron chi connectivity index (χ0n) is 19.4. The molecule has 1 radical (unpaired) electrons. The van der Waals surface area contributed by atoms with Crippen LogP contribution < -0.4 is 5.73 Å². The number of likely N-dealkylation sites (N-methyl/N-ethyl adjacent to an activating group) is 1. The standard InChI is InChI=1S/C25H28ClF2N4O3/c1-2-30(16-22(29)33)25(35)24(20-9-8-19(27)15-21(20)28)32-13-11-31(12-14-32)23(34)10-5-17-3-6-18(26)7-4-17/h3-4,6-10,15,24H,2,5,11-14,16H2,1H3,(H2,29,33). The smallest absolute Gasteiger partial charge is 0.245 e. The number of nitrogens with two attached hydrogens (primary N) is 1. The predicted molar refractivity (Wildman–Crippen MR) is 128 cm³/mol. The molecule has 10 heteroatoms. The van der Waals surface area contributed by atoms with E-state index in [1.54, 1.807) is 35.3 Å². The van der Waals surface area contributed by atoms with Crippen molar-refractivity contribution in [2.24, 2.45) is 5.73 Å². The zero-order valence-corrected chi connectivity index (χ0v) is 20.2. The molecule has 2 N–H and O–H groups in total. The number of nitrogens with zero attached hydrogens (tertiary/aromatic N) is 3. The van der Waals surface area contributed by atoms with E-state index >= 15 is 0 Å². The predicted octanol–water partition coefficient (Wildman–Crippen LogP) is 2.58. The maximum absolute atomic E-state index is 14.7. The van der Waals surface area contributed by atoms with E-state index < -0.39 is 29.5 Å². The molecule has 0 aromatic heterocycles. The number of rotatable bonds is 9. The Morgan fingerprint density at radius 3 is 2.31 bits per heavy atom. The SMILES string of the molecule is CCN(CC(N)=O)C(=O)C(c1ccc(F)cc1F)N1CCN(C(=O)[CH]Cc2ccc(Cl)cc2)CC1. The van der Waals surface area contributed by atoms with Crippen LogP contribution in [0.3, 0.4) is 0 Å². The normalized spacial score (nSPS) is 15.0. The summed E-state index contributed by atoms with van der Waals surface area (Å²) in [6.45, 7) is 2.80. The molecule has 2 aromatic rings. The fraction of sp³-hybridized carbons (Fsp3) is 0.360. The molecule has 7 nitrogen and oxygen atoms in total. The van der Waals surface area contributed by atoms with Crippen molar-refractivity contribution in [1.82, 2.24) is 14.7 Å². The molecule has 1 saturated heterocycles. The van der Waals surface area contributed by atoms with Gasteiger partial charge in [-0.2, -0.15) is 0 Å². The maximum Gasteiger partial charge on any atom is 0.245 e. The second-order valence-corrected chi connectivity index (χ2v) is 8.72. The third-order valence-electron chi connectivity index (χ3n) is 5.95. The van der Waals surface area contributed by atoms with Crippen LogP contribution in [0.15, 0.2) is 42.5 Å². The summed E-state index contributed by atoms with van der Waals surface area (Å²) < 4.78 is 28.3. The largest absolute Gasteiger partial charge is 0.368 e. The molecule has 0 saturated carbocycles. The van der Waals surface area contributed by atoms with Crippen LogP contribution in [0.25, 0.3) is 0 Å². The second kappa shape index (κ2) is 12.1. The minimum Gasteiger partial charge on any atom is -0.368 e. The Bertz CT molecular complexity index is 1060. The average molecular weight is 506 g/mol. The molecule has 1 aliphatic heterocycles. The molecule has 0 bridgehead atoms. The Kier molecular flexibility index (Phi) is 9.17. The molecule has 0 aliphatic carbocycles. The van der Waals surface area contributed by atoms with E-state index in [1.165, 1.54) is 11.0 Å². The minimum absolute atomic E-state index is 0.00778. The number of carbonyl (C=O) groups is 3. The highest BCUT2D eigenvalue weighted by molar-refractivity contribution is 6.30. The Balaban J connectivity index is 1.71. The number of carbonyl (C=O) groups excluding carboxylic acids is 3. The van der Waals surface area contributed by atoms with Crippen LogP contribution in [0, 0.1) is 18.1 Å². The van der Waals surface area contributed by atoms with Gasteiger partial charge in [0.15, 0.2) is 0 Å². The molecule has 1 aliphatic rings. The number of hydrogen-bond donors (Lipinski definition) is 1. The van der Waals surface area contributed by atoms with E-state index in [1.807, 2.05) is 12.1 Å². The van der Waals surface area contributed by atoms with Gasteiger partial charge in [-0.15, -0.1) is 0 Å². The average Bonchev–Trinajstić information content (AvgIpc) is 2.83. The molecule has 1 atom stereocenters. The van der Waals surface area contributed by atoms with Crippen molar-refractivity contribution in [3.63, 3.8) is 0 Å². The molecular formula is C25H28ClF2N4O3. The van der Waals surface area contributed by atoms with Gasteiger partial charge < -0.3 is 15.5 Å². The van der Waals surface area contributed by atoms with Crippen molar-refractivity contribution >= 4 is 29.3 Å². The van der Waals surface area contributed by atoms with Gasteiger partial charge in [0.25, 0.3) is 0 Å². The highest BCUT2D eigenvalue weighted by Gasteiger charge is 2.36. The Hall–Kier alpha value is -3.04. The number of primary amides is 1. The van der Waals surface area contributed by atoms with Crippen molar-refractivity contribution < 1.29 is 23.2 Å². The van der Waals surface area contributed by atoms with Crippen LogP contribution in [0.1, 0.15) is 24.1 Å². The highest BCUT2D eigenvalue weighted by Crippen LogP contribution is 2.28. The Morgan fingerprint density at radius 1 is 1.09 bits per heavy atom. The molecule has 0 spiro atoms. The van der Waals surface area contributed by atoms with E-state index in [4.69, 9.17) is 17.3 Å². The summed E-state index contributed by atoms with van der Waals surface area (Å²) in [7, 11) is 0. The zero-order chi connectivity index (χ0) is 25.5. The summed E-state index contributed by atoms with van der Waals surface area (Å²) >= 11 is 5.89. The van der Waals surface area contributed by atoms with Gasteiger partial charge in [0.1, 0.15) is 17.7 Å². The van der Waals surface area contributed by atoms with Gasteiger partial charge in [0.2, 0.25) is 17.7 Å². The third kappa shape index (κ3) is 6.99. The first-order valence-corrected chi connectivity index (χ1v) is 11.7. The van der Waals surface area contributed by atoms with Gasteiger partial charge in [-0.3, -0.25) is 19.3 Å². The number of benzene rings is 2. The minimum atomic E-state index is -1.08. The van der Waals surface area contributed by atoms with E-state index in [-0.39, 0.29) is 24.6 Å². The topological polar surface area (TPSA) is 86.9 Å². The van der Waals surface area contributed by atoms with Gasteiger partial charge in [-0.05, 0) is 37.1 Å². The van der Waals surface area contributed by atoms with Crippen LogP contribution in [0.4, 0.5) is 8.78 Å². The molecule has 35 heavy (non-hydrogen) atoms. The maximum atomic E-state index is 14.7. The Morgan fingerprint density at radius 2 is 1.74 bits per heavy atom. The summed E-state index contributed by atoms with van der Waals surface area (Å²) in [4.78, 5) is 42.2. The van der Waals surface area contributed by atoms with Crippen molar-refractivity contribution in [2.75, 3.05) is 39.3 Å². The molecule has 187 valence electrons. The monoisotopic (exact) mass is 505 g/mol. The quantitative estimate of drug-likeness (QED) is 0.567.